The number of hydrogen-bond acceptors (Lipinski definition) is 10. The van der Waals surface area contributed by atoms with Crippen LogP contribution in [0.5, 0.6) is 0 Å². The van der Waals surface area contributed by atoms with E-state index < -0.39 is 23.9 Å². The summed E-state index contributed by atoms with van der Waals surface area (Å²) in [5.41, 5.74) is 6.44. The maximum Gasteiger partial charge on any atom is 0.317 e. The number of anilines is 2. The summed E-state index contributed by atoms with van der Waals surface area (Å²) in [4.78, 5) is 45.2. The van der Waals surface area contributed by atoms with Crippen LogP contribution in [0.2, 0.25) is 0 Å². The van der Waals surface area contributed by atoms with Crippen LogP contribution in [0.3, 0.4) is 0 Å². The number of nitrogens with one attached hydrogen (secondary N) is 1. The van der Waals surface area contributed by atoms with E-state index in [0.29, 0.717) is 38.8 Å². The average molecular weight is 649 g/mol. The van der Waals surface area contributed by atoms with E-state index in [1.54, 1.807) is 0 Å². The van der Waals surface area contributed by atoms with Crippen LogP contribution >= 0.6 is 0 Å². The SMILES string of the molecule is O=C(O)CN(CCCCCCN(CC(=O)O)CC(=O)O)CC(=O)O.c1ccc(C2=NN(c3ccccc3)N(c3ccccc3)N2)cc1. The van der Waals surface area contributed by atoms with Gasteiger partial charge in [0.1, 0.15) is 0 Å². The van der Waals surface area contributed by atoms with Crippen molar-refractivity contribution in [1.29, 1.82) is 0 Å². The van der Waals surface area contributed by atoms with Crippen molar-refractivity contribution in [2.45, 2.75) is 25.7 Å². The Bertz CT molecular complexity index is 1390. The molecular weight excluding hydrogens is 608 g/mol. The molecule has 0 saturated heterocycles. The molecule has 0 bridgehead atoms. The molecule has 5 N–H and O–H groups in total. The zero-order chi connectivity index (χ0) is 34.0. The van der Waals surface area contributed by atoms with Gasteiger partial charge in [0.05, 0.1) is 37.6 Å². The Balaban J connectivity index is 0.000000255. The number of aliphatic carboxylic acids is 4. The van der Waals surface area contributed by atoms with Crippen molar-refractivity contribution in [3.05, 3.63) is 96.6 Å². The van der Waals surface area contributed by atoms with Gasteiger partial charge >= 0.3 is 23.9 Å². The van der Waals surface area contributed by atoms with Gasteiger partial charge < -0.3 is 20.4 Å². The molecule has 0 spiro atoms. The van der Waals surface area contributed by atoms with E-state index in [2.05, 4.69) is 5.43 Å². The number of carbonyl (C=O) groups is 4. The van der Waals surface area contributed by atoms with Gasteiger partial charge in [-0.15, -0.1) is 5.10 Å². The lowest BCUT2D eigenvalue weighted by Gasteiger charge is -2.27. The van der Waals surface area contributed by atoms with E-state index in [9.17, 15) is 19.2 Å². The first kappa shape index (κ1) is 36.0. The molecular formula is C33H40N6O8. The fourth-order valence-corrected chi connectivity index (χ4v) is 4.72. The number of rotatable bonds is 18. The minimum Gasteiger partial charge on any atom is -0.480 e. The number of unbranched alkanes of at least 4 members (excludes halogenated alkanes) is 3. The number of para-hydroxylation sites is 2. The van der Waals surface area contributed by atoms with Crippen molar-refractivity contribution < 1.29 is 39.6 Å². The first-order chi connectivity index (χ1) is 22.6. The Morgan fingerprint density at radius 1 is 0.553 bits per heavy atom. The van der Waals surface area contributed by atoms with Gasteiger partial charge in [0.2, 0.25) is 0 Å². The van der Waals surface area contributed by atoms with E-state index in [1.807, 2.05) is 101 Å². The van der Waals surface area contributed by atoms with Crippen LogP contribution in [0.4, 0.5) is 11.4 Å². The average Bonchev–Trinajstić information content (AvgIpc) is 3.49. The van der Waals surface area contributed by atoms with Crippen LogP contribution in [0.15, 0.2) is 96.1 Å². The highest BCUT2D eigenvalue weighted by Crippen LogP contribution is 2.25. The van der Waals surface area contributed by atoms with Crippen LogP contribution in [0.1, 0.15) is 31.2 Å². The number of nitrogens with zero attached hydrogens (tertiary/aromatic N) is 5. The molecule has 1 aliphatic heterocycles. The smallest absolute Gasteiger partial charge is 0.317 e. The highest BCUT2D eigenvalue weighted by Gasteiger charge is 2.26. The molecule has 1 heterocycles. The topological polar surface area (TPSA) is 187 Å². The Morgan fingerprint density at radius 3 is 1.34 bits per heavy atom. The van der Waals surface area contributed by atoms with Gasteiger partial charge in [-0.25, -0.2) is 0 Å². The third-order valence-electron chi connectivity index (χ3n) is 6.77. The summed E-state index contributed by atoms with van der Waals surface area (Å²) < 4.78 is 0. The maximum atomic E-state index is 10.6. The van der Waals surface area contributed by atoms with Crippen LogP contribution in [-0.4, -0.2) is 99.2 Å². The van der Waals surface area contributed by atoms with Crippen molar-refractivity contribution in [2.75, 3.05) is 49.5 Å². The number of hydrazine groups is 2. The highest BCUT2D eigenvalue weighted by molar-refractivity contribution is 6.02. The molecule has 250 valence electrons. The molecule has 0 fully saturated rings. The fraction of sp³-hybridized carbons (Fsp3) is 0.303. The predicted molar refractivity (Wildman–Crippen MR) is 176 cm³/mol. The third kappa shape index (κ3) is 13.2. The Morgan fingerprint density at radius 2 is 0.936 bits per heavy atom. The normalized spacial score (nSPS) is 12.3. The van der Waals surface area contributed by atoms with Crippen molar-refractivity contribution in [3.8, 4) is 0 Å². The van der Waals surface area contributed by atoms with Crippen LogP contribution < -0.4 is 15.7 Å². The molecule has 0 radical (unpaired) electrons. The van der Waals surface area contributed by atoms with E-state index in [4.69, 9.17) is 25.5 Å². The minimum absolute atomic E-state index is 0.336. The summed E-state index contributed by atoms with van der Waals surface area (Å²) in [6.45, 7) is -0.664. The van der Waals surface area contributed by atoms with Crippen LogP contribution in [-0.2, 0) is 19.2 Å². The van der Waals surface area contributed by atoms with Gasteiger partial charge in [-0.3, -0.25) is 34.4 Å². The van der Waals surface area contributed by atoms with E-state index in [-0.39, 0.29) is 26.2 Å². The number of benzene rings is 3. The second-order valence-electron chi connectivity index (χ2n) is 10.6. The number of carboxylic acid groups (broad SMARTS) is 4. The largest absolute Gasteiger partial charge is 0.480 e. The molecule has 1 aliphatic rings. The Hall–Kier alpha value is -5.47. The minimum atomic E-state index is -1.09. The van der Waals surface area contributed by atoms with Crippen LogP contribution in [0, 0.1) is 0 Å². The summed E-state index contributed by atoms with van der Waals surface area (Å²) >= 11 is 0. The summed E-state index contributed by atoms with van der Waals surface area (Å²) in [6.07, 6.45) is 2.64. The standard InChI is InChI=1S/C19H16N4.C14H24N2O8/c1-4-10-16(11-5-1)19-20-22(17-12-6-2-7-13-17)23(21-19)18-14-8-3-9-15-18;17-11(18)7-15(8-12(19)20)5-3-1-2-4-6-16(9-13(21)22)10-14(23)24/h1-15H,(H,20,21);1-10H2,(H,17,18)(H,19,20)(H,21,22)(H,23,24). The lowest BCUT2D eigenvalue weighted by Crippen LogP contribution is -2.44. The molecule has 47 heavy (non-hydrogen) atoms. The Kier molecular flexibility index (Phi) is 14.7. The highest BCUT2D eigenvalue weighted by atomic mass is 16.4. The van der Waals surface area contributed by atoms with Crippen molar-refractivity contribution in [2.24, 2.45) is 5.10 Å². The first-order valence-corrected chi connectivity index (χ1v) is 15.0. The molecule has 0 aliphatic carbocycles. The lowest BCUT2D eigenvalue weighted by molar-refractivity contribution is -0.143. The Labute approximate surface area is 272 Å². The first-order valence-electron chi connectivity index (χ1n) is 15.0. The zero-order valence-corrected chi connectivity index (χ0v) is 25.9. The third-order valence-corrected chi connectivity index (χ3v) is 6.77. The quantitative estimate of drug-likeness (QED) is 0.127. The van der Waals surface area contributed by atoms with Gasteiger partial charge in [0.25, 0.3) is 0 Å². The van der Waals surface area contributed by atoms with Crippen molar-refractivity contribution in [1.82, 2.24) is 15.2 Å². The number of carboxylic acids is 4. The second-order valence-corrected chi connectivity index (χ2v) is 10.6. The molecule has 0 aromatic heterocycles. The summed E-state index contributed by atoms with van der Waals surface area (Å²) in [5.74, 6) is -3.54. The van der Waals surface area contributed by atoms with E-state index in [1.165, 1.54) is 9.80 Å². The van der Waals surface area contributed by atoms with Gasteiger partial charge in [-0.1, -0.05) is 79.6 Å². The monoisotopic (exact) mass is 648 g/mol. The van der Waals surface area contributed by atoms with Gasteiger partial charge in [0.15, 0.2) is 5.84 Å². The molecule has 0 atom stereocenters. The number of amidine groups is 1. The van der Waals surface area contributed by atoms with E-state index in [0.717, 1.165) is 22.8 Å². The van der Waals surface area contributed by atoms with Gasteiger partial charge in [0, 0.05) is 5.56 Å². The summed E-state index contributed by atoms with van der Waals surface area (Å²) in [5, 5.41) is 43.4. The lowest BCUT2D eigenvalue weighted by atomic mass is 10.1. The van der Waals surface area contributed by atoms with E-state index >= 15 is 0 Å². The molecule has 3 aromatic rings. The molecule has 4 rings (SSSR count). The van der Waals surface area contributed by atoms with Crippen LogP contribution in [0.25, 0.3) is 0 Å². The van der Waals surface area contributed by atoms with Gasteiger partial charge in [-0.05, 0) is 50.2 Å². The molecule has 0 unspecified atom stereocenters. The van der Waals surface area contributed by atoms with Crippen molar-refractivity contribution in [3.63, 3.8) is 0 Å². The second kappa shape index (κ2) is 19.1. The summed E-state index contributed by atoms with van der Waals surface area (Å²) in [6, 6.07) is 30.3. The maximum absolute atomic E-state index is 10.6. The van der Waals surface area contributed by atoms with Gasteiger partial charge in [-0.2, -0.15) is 10.2 Å². The fourth-order valence-electron chi connectivity index (χ4n) is 4.72. The molecule has 3 aromatic carbocycles. The zero-order valence-electron chi connectivity index (χ0n) is 25.9. The predicted octanol–water partition coefficient (Wildman–Crippen LogP) is 3.28. The van der Waals surface area contributed by atoms with Crippen molar-refractivity contribution >= 4 is 41.1 Å². The molecule has 0 amide bonds. The molecule has 14 heteroatoms. The summed E-state index contributed by atoms with van der Waals surface area (Å²) in [7, 11) is 0. The number of hydrazone groups is 1. The molecule has 0 saturated carbocycles. The number of hydrogen-bond donors (Lipinski definition) is 5. The molecule has 14 nitrogen and oxygen atoms in total.